The zero-order valence-corrected chi connectivity index (χ0v) is 12.8. The van der Waals surface area contributed by atoms with Crippen LogP contribution >= 0.6 is 0 Å². The third-order valence-electron chi connectivity index (χ3n) is 1.85. The number of aliphatic carboxylic acids is 2. The topological polar surface area (TPSA) is 125 Å². The Bertz CT molecular complexity index is 223. The van der Waals surface area contributed by atoms with Crippen LogP contribution in [-0.4, -0.2) is 75.0 Å². The molecule has 4 fully saturated rings. The van der Waals surface area contributed by atoms with E-state index in [1.165, 1.54) is 0 Å². The summed E-state index contributed by atoms with van der Waals surface area (Å²) in [6.07, 6.45) is 1.02. The number of unbranched alkanes of at least 4 members (excludes halogenated alkanes) is 1. The van der Waals surface area contributed by atoms with Crippen LogP contribution in [0.2, 0.25) is 0 Å². The summed E-state index contributed by atoms with van der Waals surface area (Å²) in [4.78, 5) is 19.8. The Morgan fingerprint density at radius 2 is 0.773 bits per heavy atom. The van der Waals surface area contributed by atoms with E-state index in [0.29, 0.717) is 12.8 Å². The lowest BCUT2D eigenvalue weighted by atomic mass is 10.2. The molecule has 0 aromatic carbocycles. The molecule has 0 aromatic heterocycles. The molecule has 0 aliphatic carbocycles. The van der Waals surface area contributed by atoms with Crippen molar-refractivity contribution in [2.24, 2.45) is 0 Å². The van der Waals surface area contributed by atoms with Crippen molar-refractivity contribution >= 4 is 11.9 Å². The molecular formula is C14H26O8. The van der Waals surface area contributed by atoms with Gasteiger partial charge in [0.05, 0.1) is 52.9 Å². The van der Waals surface area contributed by atoms with Gasteiger partial charge in [0, 0.05) is 12.8 Å². The number of ether oxygens (including phenoxy) is 4. The van der Waals surface area contributed by atoms with Crippen LogP contribution in [-0.2, 0) is 28.5 Å². The molecule has 0 unspecified atom stereocenters. The zero-order valence-electron chi connectivity index (χ0n) is 12.8. The number of carboxylic acids is 2. The van der Waals surface area contributed by atoms with Crippen molar-refractivity contribution in [2.75, 3.05) is 52.9 Å². The quantitative estimate of drug-likeness (QED) is 0.562. The maximum Gasteiger partial charge on any atom is 0.303 e. The first-order chi connectivity index (χ1) is 10.6. The van der Waals surface area contributed by atoms with Crippen molar-refractivity contribution in [1.29, 1.82) is 0 Å². The molecule has 8 heteroatoms. The summed E-state index contributed by atoms with van der Waals surface area (Å²) in [6, 6.07) is 0. The lowest BCUT2D eigenvalue weighted by Gasteiger charge is -1.92. The summed E-state index contributed by atoms with van der Waals surface area (Å²) in [5.41, 5.74) is 0. The van der Waals surface area contributed by atoms with Gasteiger partial charge in [-0.1, -0.05) is 0 Å². The van der Waals surface area contributed by atoms with Crippen LogP contribution in [0.4, 0.5) is 0 Å². The lowest BCUT2D eigenvalue weighted by Crippen LogP contribution is -1.97. The molecule has 2 N–H and O–H groups in total. The molecule has 0 aromatic rings. The van der Waals surface area contributed by atoms with Gasteiger partial charge in [0.2, 0.25) is 0 Å². The van der Waals surface area contributed by atoms with Gasteiger partial charge >= 0.3 is 11.9 Å². The first-order valence-electron chi connectivity index (χ1n) is 7.37. The largest absolute Gasteiger partial charge is 0.481 e. The molecule has 0 spiro atoms. The Balaban J connectivity index is 0.000000290. The minimum absolute atomic E-state index is 0.0628. The fourth-order valence-electron chi connectivity index (χ4n) is 0.552. The van der Waals surface area contributed by atoms with Crippen molar-refractivity contribution in [3.05, 3.63) is 0 Å². The number of rotatable bonds is 5. The Labute approximate surface area is 130 Å². The molecule has 0 atom stereocenters. The van der Waals surface area contributed by atoms with Crippen molar-refractivity contribution < 1.29 is 38.7 Å². The maximum absolute atomic E-state index is 9.90. The smallest absolute Gasteiger partial charge is 0.303 e. The highest BCUT2D eigenvalue weighted by Gasteiger charge is 1.99. The van der Waals surface area contributed by atoms with Gasteiger partial charge in [-0.05, 0) is 12.8 Å². The zero-order chi connectivity index (χ0) is 16.5. The molecule has 0 radical (unpaired) electrons. The Morgan fingerprint density at radius 1 is 0.591 bits per heavy atom. The second-order valence-corrected chi connectivity index (χ2v) is 4.44. The van der Waals surface area contributed by atoms with E-state index in [4.69, 9.17) is 10.2 Å². The van der Waals surface area contributed by atoms with Crippen molar-refractivity contribution in [3.8, 4) is 0 Å². The molecule has 4 saturated heterocycles. The summed E-state index contributed by atoms with van der Waals surface area (Å²) >= 11 is 0. The van der Waals surface area contributed by atoms with Gasteiger partial charge in [0.1, 0.15) is 0 Å². The average Bonchev–Trinajstić information content (AvgIpc) is 3.36. The minimum atomic E-state index is -0.870. The number of hydrogen-bond acceptors (Lipinski definition) is 6. The minimum Gasteiger partial charge on any atom is -0.481 e. The van der Waals surface area contributed by atoms with E-state index in [2.05, 4.69) is 18.9 Å². The van der Waals surface area contributed by atoms with Crippen molar-refractivity contribution in [1.82, 2.24) is 0 Å². The van der Waals surface area contributed by atoms with Crippen LogP contribution in [0.15, 0.2) is 0 Å². The third kappa shape index (κ3) is 62.1. The molecule has 4 heterocycles. The molecule has 4 aliphatic heterocycles. The van der Waals surface area contributed by atoms with E-state index < -0.39 is 11.9 Å². The molecule has 22 heavy (non-hydrogen) atoms. The van der Waals surface area contributed by atoms with Gasteiger partial charge in [-0.2, -0.15) is 0 Å². The van der Waals surface area contributed by atoms with Crippen LogP contribution < -0.4 is 0 Å². The molecule has 130 valence electrons. The van der Waals surface area contributed by atoms with Crippen LogP contribution in [0.3, 0.4) is 0 Å². The Hall–Kier alpha value is -1.22. The summed E-state index contributed by atoms with van der Waals surface area (Å²) in [5.74, 6) is -1.74. The van der Waals surface area contributed by atoms with E-state index in [1.54, 1.807) is 0 Å². The number of epoxide rings is 4. The molecule has 0 bridgehead atoms. The number of hydrogen-bond donors (Lipinski definition) is 2. The first kappa shape index (κ1) is 20.8. The summed E-state index contributed by atoms with van der Waals surface area (Å²) in [7, 11) is 0. The van der Waals surface area contributed by atoms with Crippen molar-refractivity contribution in [3.63, 3.8) is 0 Å². The molecule has 0 amide bonds. The monoisotopic (exact) mass is 322 g/mol. The van der Waals surface area contributed by atoms with Gasteiger partial charge < -0.3 is 29.2 Å². The summed E-state index contributed by atoms with van der Waals surface area (Å²) in [6.45, 7) is 8.00. The Morgan fingerprint density at radius 3 is 0.864 bits per heavy atom. The molecule has 4 aliphatic rings. The highest BCUT2D eigenvalue weighted by atomic mass is 16.6. The third-order valence-corrected chi connectivity index (χ3v) is 1.85. The van der Waals surface area contributed by atoms with E-state index in [9.17, 15) is 9.59 Å². The highest BCUT2D eigenvalue weighted by molar-refractivity contribution is 5.67. The fourth-order valence-corrected chi connectivity index (χ4v) is 0.552. The van der Waals surface area contributed by atoms with E-state index in [-0.39, 0.29) is 12.8 Å². The van der Waals surface area contributed by atoms with Gasteiger partial charge in [-0.3, -0.25) is 9.59 Å². The normalized spacial score (nSPS) is 17.3. The van der Waals surface area contributed by atoms with E-state index in [1.807, 2.05) is 0 Å². The van der Waals surface area contributed by atoms with Crippen LogP contribution in [0.25, 0.3) is 0 Å². The molecular weight excluding hydrogens is 296 g/mol. The van der Waals surface area contributed by atoms with E-state index in [0.717, 1.165) is 52.9 Å². The van der Waals surface area contributed by atoms with Gasteiger partial charge in [-0.25, -0.2) is 0 Å². The molecule has 0 saturated carbocycles. The SMILES string of the molecule is C1CO1.C1CO1.C1CO1.C1CO1.O=C(O)CCCCC(=O)O. The highest BCUT2D eigenvalue weighted by Crippen LogP contribution is 1.98. The number of carboxylic acid groups (broad SMARTS) is 2. The van der Waals surface area contributed by atoms with Gasteiger partial charge in [0.15, 0.2) is 0 Å². The number of carbonyl (C=O) groups is 2. The summed E-state index contributed by atoms with van der Waals surface area (Å²) in [5, 5.41) is 16.3. The maximum atomic E-state index is 9.90. The predicted molar refractivity (Wildman–Crippen MR) is 77.0 cm³/mol. The fraction of sp³-hybridized carbons (Fsp3) is 0.857. The van der Waals surface area contributed by atoms with Gasteiger partial charge in [0.25, 0.3) is 0 Å². The van der Waals surface area contributed by atoms with Crippen LogP contribution in [0.1, 0.15) is 25.7 Å². The molecule has 4 rings (SSSR count). The second-order valence-electron chi connectivity index (χ2n) is 4.44. The Kier molecular flexibility index (Phi) is 15.3. The van der Waals surface area contributed by atoms with Crippen LogP contribution in [0.5, 0.6) is 0 Å². The van der Waals surface area contributed by atoms with Crippen molar-refractivity contribution in [2.45, 2.75) is 25.7 Å². The first-order valence-corrected chi connectivity index (χ1v) is 7.37. The van der Waals surface area contributed by atoms with Crippen LogP contribution in [0, 0.1) is 0 Å². The summed E-state index contributed by atoms with van der Waals surface area (Å²) < 4.78 is 18.0. The predicted octanol–water partition coefficient (Wildman–Crippen LogP) is 0.782. The van der Waals surface area contributed by atoms with Gasteiger partial charge in [-0.15, -0.1) is 0 Å². The van der Waals surface area contributed by atoms with E-state index >= 15 is 0 Å². The standard InChI is InChI=1S/C6H10O4.4C2H4O/c7-5(8)3-1-2-4-6(9)10;4*1-2-3-1/h1-4H2,(H,7,8)(H,9,10);4*1-2H2. The molecule has 8 nitrogen and oxygen atoms in total. The lowest BCUT2D eigenvalue weighted by molar-refractivity contribution is -0.139. The average molecular weight is 322 g/mol. The second kappa shape index (κ2) is 16.2.